The molecule has 0 aliphatic carbocycles. The van der Waals surface area contributed by atoms with Gasteiger partial charge in [0.05, 0.1) is 0 Å². The van der Waals surface area contributed by atoms with Gasteiger partial charge in [0.15, 0.2) is 5.82 Å². The predicted octanol–water partition coefficient (Wildman–Crippen LogP) is 3.20. The molecule has 3 aromatic rings. The van der Waals surface area contributed by atoms with Crippen molar-refractivity contribution in [1.82, 2.24) is 19.9 Å². The van der Waals surface area contributed by atoms with Gasteiger partial charge in [-0.15, -0.1) is 6.58 Å². The molecule has 0 atom stereocenters. The second-order valence-electron chi connectivity index (χ2n) is 4.89. The van der Waals surface area contributed by atoms with E-state index in [0.29, 0.717) is 5.82 Å². The van der Waals surface area contributed by atoms with Crippen molar-refractivity contribution in [2.75, 3.05) is 0 Å². The minimum absolute atomic E-state index is 0.165. The van der Waals surface area contributed by atoms with Crippen LogP contribution in [0, 0.1) is 11.3 Å². The first-order valence-electron chi connectivity index (χ1n) is 7.05. The lowest BCUT2D eigenvalue weighted by atomic mass is 10.1. The van der Waals surface area contributed by atoms with Gasteiger partial charge in [-0.3, -0.25) is 0 Å². The van der Waals surface area contributed by atoms with Crippen molar-refractivity contribution in [3.05, 3.63) is 73.1 Å². The summed E-state index contributed by atoms with van der Waals surface area (Å²) in [5.74, 6) is 0.846. The number of nitriles is 1. The van der Waals surface area contributed by atoms with E-state index in [2.05, 4.69) is 26.5 Å². The first-order valence-corrected chi connectivity index (χ1v) is 7.05. The molecule has 0 spiro atoms. The molecule has 0 amide bonds. The van der Waals surface area contributed by atoms with Crippen molar-refractivity contribution in [3.8, 4) is 28.6 Å². The summed E-state index contributed by atoms with van der Waals surface area (Å²) in [5.41, 5.74) is 3.81. The lowest BCUT2D eigenvalue weighted by molar-refractivity contribution is 1.10. The second kappa shape index (κ2) is 6.58. The average molecular weight is 299 g/mol. The molecule has 2 aromatic heterocycles. The fraction of sp³-hybridized carbons (Fsp3) is 0.0556. The van der Waals surface area contributed by atoms with Gasteiger partial charge in [0.25, 0.3) is 0 Å². The highest BCUT2D eigenvalue weighted by molar-refractivity contribution is 5.66. The number of aromatic nitrogens is 4. The van der Waals surface area contributed by atoms with Gasteiger partial charge in [0.1, 0.15) is 6.07 Å². The van der Waals surface area contributed by atoms with Crippen LogP contribution < -0.4 is 0 Å². The van der Waals surface area contributed by atoms with E-state index in [1.807, 2.05) is 48.8 Å². The number of allylic oxidation sites excluding steroid dienone is 1. The molecule has 0 unspecified atom stereocenters. The van der Waals surface area contributed by atoms with Crippen LogP contribution in [0.15, 0.2) is 61.7 Å². The Balaban J connectivity index is 1.83. The molecular weight excluding hydrogens is 286 g/mol. The Morgan fingerprint density at radius 1 is 0.870 bits per heavy atom. The van der Waals surface area contributed by atoms with Crippen LogP contribution >= 0.6 is 0 Å². The summed E-state index contributed by atoms with van der Waals surface area (Å²) >= 11 is 0. The Bertz CT molecular complexity index is 844. The van der Waals surface area contributed by atoms with Gasteiger partial charge in [-0.2, -0.15) is 5.26 Å². The first kappa shape index (κ1) is 14.5. The van der Waals surface area contributed by atoms with Crippen molar-refractivity contribution >= 4 is 0 Å². The van der Waals surface area contributed by atoms with Crippen LogP contribution in [0.5, 0.6) is 0 Å². The fourth-order valence-corrected chi connectivity index (χ4v) is 2.12. The van der Waals surface area contributed by atoms with Crippen LogP contribution in [0.1, 0.15) is 11.4 Å². The number of hydrogen-bond acceptors (Lipinski definition) is 5. The number of hydrogen-bond donors (Lipinski definition) is 0. The van der Waals surface area contributed by atoms with E-state index in [0.717, 1.165) is 28.7 Å². The minimum atomic E-state index is 0.165. The second-order valence-corrected chi connectivity index (χ2v) is 4.89. The molecule has 0 saturated carbocycles. The summed E-state index contributed by atoms with van der Waals surface area (Å²) in [5, 5.41) is 8.72. The third-order valence-electron chi connectivity index (χ3n) is 3.31. The molecule has 5 heteroatoms. The van der Waals surface area contributed by atoms with E-state index >= 15 is 0 Å². The van der Waals surface area contributed by atoms with Crippen LogP contribution in [-0.4, -0.2) is 19.9 Å². The van der Waals surface area contributed by atoms with E-state index < -0.39 is 0 Å². The first-order chi connectivity index (χ1) is 11.3. The summed E-state index contributed by atoms with van der Waals surface area (Å²) in [7, 11) is 0. The molecule has 0 radical (unpaired) electrons. The topological polar surface area (TPSA) is 75.3 Å². The zero-order valence-corrected chi connectivity index (χ0v) is 12.3. The maximum absolute atomic E-state index is 8.72. The standard InChI is InChI=1S/C18H13N5/c1-2-3-13-9-22-18(23-10-13)15-6-4-14(5-7-15)16-11-20-17(8-19)21-12-16/h2,4-7,9-12H,1,3H2. The molecule has 0 fully saturated rings. The molecule has 0 saturated heterocycles. The SMILES string of the molecule is C=CCc1cnc(-c2ccc(-c3cnc(C#N)nc3)cc2)nc1. The van der Waals surface area contributed by atoms with E-state index in [1.54, 1.807) is 12.4 Å². The van der Waals surface area contributed by atoms with E-state index in [9.17, 15) is 0 Å². The van der Waals surface area contributed by atoms with Crippen molar-refractivity contribution in [2.45, 2.75) is 6.42 Å². The zero-order chi connectivity index (χ0) is 16.1. The summed E-state index contributed by atoms with van der Waals surface area (Å²) in [6.45, 7) is 3.70. The molecule has 0 aliphatic heterocycles. The summed E-state index contributed by atoms with van der Waals surface area (Å²) in [4.78, 5) is 16.7. The molecule has 5 nitrogen and oxygen atoms in total. The van der Waals surface area contributed by atoms with Crippen molar-refractivity contribution < 1.29 is 0 Å². The molecule has 0 aliphatic rings. The summed E-state index contributed by atoms with van der Waals surface area (Å²) < 4.78 is 0. The van der Waals surface area contributed by atoms with Gasteiger partial charge in [-0.1, -0.05) is 30.3 Å². The van der Waals surface area contributed by atoms with Gasteiger partial charge in [-0.25, -0.2) is 19.9 Å². The van der Waals surface area contributed by atoms with E-state index in [1.165, 1.54) is 0 Å². The molecule has 0 bridgehead atoms. The Morgan fingerprint density at radius 3 is 2.04 bits per heavy atom. The van der Waals surface area contributed by atoms with Gasteiger partial charge in [0, 0.05) is 35.9 Å². The number of nitrogens with zero attached hydrogens (tertiary/aromatic N) is 5. The summed E-state index contributed by atoms with van der Waals surface area (Å²) in [6, 6.07) is 9.73. The quantitative estimate of drug-likeness (QED) is 0.691. The van der Waals surface area contributed by atoms with Crippen molar-refractivity contribution in [3.63, 3.8) is 0 Å². The molecule has 3 rings (SSSR count). The molecular formula is C18H13N5. The van der Waals surface area contributed by atoms with Gasteiger partial charge in [0.2, 0.25) is 5.82 Å². The van der Waals surface area contributed by atoms with Crippen molar-refractivity contribution in [1.29, 1.82) is 5.26 Å². The van der Waals surface area contributed by atoms with Crippen molar-refractivity contribution in [2.24, 2.45) is 0 Å². The van der Waals surface area contributed by atoms with Gasteiger partial charge >= 0.3 is 0 Å². The third-order valence-corrected chi connectivity index (χ3v) is 3.31. The van der Waals surface area contributed by atoms with Crippen LogP contribution in [0.4, 0.5) is 0 Å². The maximum atomic E-state index is 8.72. The number of rotatable bonds is 4. The lowest BCUT2D eigenvalue weighted by Crippen LogP contribution is -1.92. The highest BCUT2D eigenvalue weighted by Crippen LogP contribution is 2.22. The molecule has 23 heavy (non-hydrogen) atoms. The number of benzene rings is 1. The average Bonchev–Trinajstić information content (AvgIpc) is 2.63. The predicted molar refractivity (Wildman–Crippen MR) is 87.1 cm³/mol. The highest BCUT2D eigenvalue weighted by atomic mass is 14.9. The zero-order valence-electron chi connectivity index (χ0n) is 12.3. The van der Waals surface area contributed by atoms with Gasteiger partial charge in [-0.05, 0) is 17.5 Å². The molecule has 2 heterocycles. The van der Waals surface area contributed by atoms with E-state index in [-0.39, 0.29) is 5.82 Å². The largest absolute Gasteiger partial charge is 0.236 e. The lowest BCUT2D eigenvalue weighted by Gasteiger charge is -2.04. The minimum Gasteiger partial charge on any atom is -0.236 e. The Morgan fingerprint density at radius 2 is 1.48 bits per heavy atom. The maximum Gasteiger partial charge on any atom is 0.232 e. The monoisotopic (exact) mass is 299 g/mol. The highest BCUT2D eigenvalue weighted by Gasteiger charge is 2.04. The normalized spacial score (nSPS) is 10.0. The fourth-order valence-electron chi connectivity index (χ4n) is 2.12. The van der Waals surface area contributed by atoms with Crippen LogP contribution in [0.2, 0.25) is 0 Å². The van der Waals surface area contributed by atoms with Crippen LogP contribution in [0.25, 0.3) is 22.5 Å². The Labute approximate surface area is 134 Å². The van der Waals surface area contributed by atoms with Crippen LogP contribution in [0.3, 0.4) is 0 Å². The Hall–Kier alpha value is -3.39. The smallest absolute Gasteiger partial charge is 0.232 e. The van der Waals surface area contributed by atoms with Gasteiger partial charge < -0.3 is 0 Å². The van der Waals surface area contributed by atoms with Crippen LogP contribution in [-0.2, 0) is 6.42 Å². The molecule has 1 aromatic carbocycles. The van der Waals surface area contributed by atoms with E-state index in [4.69, 9.17) is 5.26 Å². The Kier molecular flexibility index (Phi) is 4.16. The summed E-state index contributed by atoms with van der Waals surface area (Å²) in [6.07, 6.45) is 9.49. The molecule has 0 N–H and O–H groups in total. The third kappa shape index (κ3) is 3.27. The molecule has 110 valence electrons.